The van der Waals surface area contributed by atoms with Crippen LogP contribution in [0.4, 0.5) is 0 Å². The molecule has 0 aromatic rings. The molecule has 0 heterocycles. The van der Waals surface area contributed by atoms with Crippen molar-refractivity contribution in [3.63, 3.8) is 0 Å². The van der Waals surface area contributed by atoms with E-state index in [4.69, 9.17) is 9.47 Å². The Labute approximate surface area is 86.8 Å². The zero-order chi connectivity index (χ0) is 11.0. The van der Waals surface area contributed by atoms with Gasteiger partial charge in [0.05, 0.1) is 18.6 Å². The van der Waals surface area contributed by atoms with Crippen LogP contribution in [0, 0.1) is 5.92 Å². The van der Waals surface area contributed by atoms with Crippen molar-refractivity contribution in [2.24, 2.45) is 5.92 Å². The summed E-state index contributed by atoms with van der Waals surface area (Å²) < 4.78 is 10.1. The van der Waals surface area contributed by atoms with Crippen molar-refractivity contribution in [2.45, 2.75) is 46.1 Å². The second-order valence-corrected chi connectivity index (χ2v) is 3.48. The highest BCUT2D eigenvalue weighted by molar-refractivity contribution is 5.72. The predicted octanol–water partition coefficient (Wildman–Crippen LogP) is 2.39. The van der Waals surface area contributed by atoms with Gasteiger partial charge in [-0.1, -0.05) is 6.92 Å². The SMILES string of the molecule is CCOC(=O)C(CC)CCC(C)OC. The van der Waals surface area contributed by atoms with Crippen LogP contribution in [0.3, 0.4) is 0 Å². The molecule has 3 nitrogen and oxygen atoms in total. The van der Waals surface area contributed by atoms with Crippen LogP contribution in [0.2, 0.25) is 0 Å². The Kier molecular flexibility index (Phi) is 7.48. The minimum Gasteiger partial charge on any atom is -0.466 e. The van der Waals surface area contributed by atoms with E-state index in [-0.39, 0.29) is 18.0 Å². The smallest absolute Gasteiger partial charge is 0.308 e. The van der Waals surface area contributed by atoms with Crippen molar-refractivity contribution in [2.75, 3.05) is 13.7 Å². The van der Waals surface area contributed by atoms with Crippen LogP contribution in [-0.4, -0.2) is 25.8 Å². The topological polar surface area (TPSA) is 35.5 Å². The van der Waals surface area contributed by atoms with E-state index in [9.17, 15) is 4.79 Å². The Balaban J connectivity index is 3.84. The molecule has 0 fully saturated rings. The highest BCUT2D eigenvalue weighted by atomic mass is 16.5. The summed E-state index contributed by atoms with van der Waals surface area (Å²) in [5, 5.41) is 0. The average molecular weight is 202 g/mol. The fourth-order valence-corrected chi connectivity index (χ4v) is 1.30. The summed E-state index contributed by atoms with van der Waals surface area (Å²) in [5.41, 5.74) is 0. The van der Waals surface area contributed by atoms with E-state index in [0.717, 1.165) is 19.3 Å². The molecule has 3 heteroatoms. The van der Waals surface area contributed by atoms with Gasteiger partial charge in [-0.05, 0) is 33.1 Å². The standard InChI is InChI=1S/C11H22O3/c1-5-10(11(12)14-6-2)8-7-9(3)13-4/h9-10H,5-8H2,1-4H3. The summed E-state index contributed by atoms with van der Waals surface area (Å²) in [6.45, 7) is 6.33. The maximum Gasteiger partial charge on any atom is 0.308 e. The number of hydrogen-bond acceptors (Lipinski definition) is 3. The van der Waals surface area contributed by atoms with Gasteiger partial charge >= 0.3 is 5.97 Å². The summed E-state index contributed by atoms with van der Waals surface area (Å²) in [6, 6.07) is 0. The zero-order valence-electron chi connectivity index (χ0n) is 9.71. The summed E-state index contributed by atoms with van der Waals surface area (Å²) in [5.74, 6) is -0.0362. The Hall–Kier alpha value is -0.570. The fraction of sp³-hybridized carbons (Fsp3) is 0.909. The van der Waals surface area contributed by atoms with Crippen LogP contribution in [0.15, 0.2) is 0 Å². The number of methoxy groups -OCH3 is 1. The third-order valence-electron chi connectivity index (χ3n) is 2.44. The van der Waals surface area contributed by atoms with E-state index in [1.165, 1.54) is 0 Å². The van der Waals surface area contributed by atoms with Gasteiger partial charge in [0, 0.05) is 7.11 Å². The second-order valence-electron chi connectivity index (χ2n) is 3.48. The summed E-state index contributed by atoms with van der Waals surface area (Å²) >= 11 is 0. The summed E-state index contributed by atoms with van der Waals surface area (Å²) in [4.78, 5) is 11.4. The van der Waals surface area contributed by atoms with E-state index in [1.54, 1.807) is 7.11 Å². The Morgan fingerprint density at radius 1 is 1.29 bits per heavy atom. The number of rotatable bonds is 7. The van der Waals surface area contributed by atoms with Gasteiger partial charge in [-0.15, -0.1) is 0 Å². The van der Waals surface area contributed by atoms with Gasteiger partial charge in [0.2, 0.25) is 0 Å². The Morgan fingerprint density at radius 2 is 1.93 bits per heavy atom. The van der Waals surface area contributed by atoms with Crippen molar-refractivity contribution in [3.05, 3.63) is 0 Å². The largest absolute Gasteiger partial charge is 0.466 e. The van der Waals surface area contributed by atoms with E-state index in [0.29, 0.717) is 6.61 Å². The minimum absolute atomic E-state index is 0.0348. The normalized spacial score (nSPS) is 14.9. The number of hydrogen-bond donors (Lipinski definition) is 0. The molecule has 2 atom stereocenters. The molecule has 0 amide bonds. The minimum atomic E-state index is -0.0710. The molecule has 0 aromatic carbocycles. The molecule has 0 aliphatic rings. The van der Waals surface area contributed by atoms with Crippen molar-refractivity contribution < 1.29 is 14.3 Å². The first-order chi connectivity index (χ1) is 6.65. The lowest BCUT2D eigenvalue weighted by molar-refractivity contribution is -0.148. The molecule has 0 N–H and O–H groups in total. The number of carbonyl (C=O) groups is 1. The van der Waals surface area contributed by atoms with Crippen LogP contribution in [-0.2, 0) is 14.3 Å². The quantitative estimate of drug-likeness (QED) is 0.595. The third kappa shape index (κ3) is 5.22. The molecule has 0 rings (SSSR count). The Bertz CT molecular complexity index is 157. The highest BCUT2D eigenvalue weighted by Crippen LogP contribution is 2.15. The molecule has 0 saturated carbocycles. The number of esters is 1. The van der Waals surface area contributed by atoms with E-state index >= 15 is 0 Å². The lowest BCUT2D eigenvalue weighted by Gasteiger charge is -2.15. The Morgan fingerprint density at radius 3 is 2.36 bits per heavy atom. The van der Waals surface area contributed by atoms with E-state index < -0.39 is 0 Å². The van der Waals surface area contributed by atoms with Gasteiger partial charge in [0.15, 0.2) is 0 Å². The fourth-order valence-electron chi connectivity index (χ4n) is 1.30. The molecule has 0 saturated heterocycles. The van der Waals surface area contributed by atoms with Gasteiger partial charge in [-0.25, -0.2) is 0 Å². The van der Waals surface area contributed by atoms with Gasteiger partial charge in [0.25, 0.3) is 0 Å². The highest BCUT2D eigenvalue weighted by Gasteiger charge is 2.18. The molecule has 0 aromatic heterocycles. The van der Waals surface area contributed by atoms with Crippen LogP contribution >= 0.6 is 0 Å². The van der Waals surface area contributed by atoms with Crippen LogP contribution < -0.4 is 0 Å². The average Bonchev–Trinajstić information content (AvgIpc) is 2.18. The molecule has 2 unspecified atom stereocenters. The number of ether oxygens (including phenoxy) is 2. The molecule has 14 heavy (non-hydrogen) atoms. The van der Waals surface area contributed by atoms with Crippen molar-refractivity contribution in [3.8, 4) is 0 Å². The van der Waals surface area contributed by atoms with Crippen LogP contribution in [0.5, 0.6) is 0 Å². The summed E-state index contributed by atoms with van der Waals surface area (Å²) in [7, 11) is 1.69. The molecule has 0 radical (unpaired) electrons. The van der Waals surface area contributed by atoms with E-state index in [2.05, 4.69) is 0 Å². The molecule has 84 valence electrons. The second kappa shape index (κ2) is 7.80. The maximum absolute atomic E-state index is 11.4. The molecule has 0 aliphatic heterocycles. The van der Waals surface area contributed by atoms with Crippen molar-refractivity contribution in [1.29, 1.82) is 0 Å². The van der Waals surface area contributed by atoms with Crippen molar-refractivity contribution >= 4 is 5.97 Å². The first kappa shape index (κ1) is 13.4. The first-order valence-corrected chi connectivity index (χ1v) is 5.35. The van der Waals surface area contributed by atoms with Gasteiger partial charge in [0.1, 0.15) is 0 Å². The van der Waals surface area contributed by atoms with Crippen LogP contribution in [0.1, 0.15) is 40.0 Å². The molecule has 0 aliphatic carbocycles. The lowest BCUT2D eigenvalue weighted by Crippen LogP contribution is -2.19. The molecular weight excluding hydrogens is 180 g/mol. The number of carbonyl (C=O) groups excluding carboxylic acids is 1. The third-order valence-corrected chi connectivity index (χ3v) is 2.44. The van der Waals surface area contributed by atoms with Gasteiger partial charge < -0.3 is 9.47 Å². The molecule has 0 bridgehead atoms. The maximum atomic E-state index is 11.4. The summed E-state index contributed by atoms with van der Waals surface area (Å²) in [6.07, 6.45) is 2.83. The first-order valence-electron chi connectivity index (χ1n) is 5.35. The monoisotopic (exact) mass is 202 g/mol. The van der Waals surface area contributed by atoms with Gasteiger partial charge in [-0.3, -0.25) is 4.79 Å². The lowest BCUT2D eigenvalue weighted by atomic mass is 9.99. The van der Waals surface area contributed by atoms with Gasteiger partial charge in [-0.2, -0.15) is 0 Å². The predicted molar refractivity (Wildman–Crippen MR) is 56.1 cm³/mol. The molecule has 0 spiro atoms. The zero-order valence-corrected chi connectivity index (χ0v) is 9.71. The molecular formula is C11H22O3. The van der Waals surface area contributed by atoms with E-state index in [1.807, 2.05) is 20.8 Å². The van der Waals surface area contributed by atoms with Crippen LogP contribution in [0.25, 0.3) is 0 Å². The van der Waals surface area contributed by atoms with Crippen molar-refractivity contribution in [1.82, 2.24) is 0 Å².